The highest BCUT2D eigenvalue weighted by Crippen LogP contribution is 2.32. The van der Waals surface area contributed by atoms with Gasteiger partial charge < -0.3 is 5.21 Å². The number of oxime groups is 1. The maximum atomic E-state index is 12.5. The smallest absolute Gasteiger partial charge is 0.411 e. The second-order valence-corrected chi connectivity index (χ2v) is 3.98. The first-order valence-corrected chi connectivity index (χ1v) is 5.39. The van der Waals surface area contributed by atoms with Gasteiger partial charge in [-0.2, -0.15) is 13.2 Å². The van der Waals surface area contributed by atoms with Crippen LogP contribution in [0, 0.1) is 0 Å². The quantitative estimate of drug-likeness (QED) is 0.523. The van der Waals surface area contributed by atoms with E-state index in [1.807, 2.05) is 0 Å². The van der Waals surface area contributed by atoms with E-state index in [1.54, 1.807) is 18.3 Å². The van der Waals surface area contributed by atoms with Crippen molar-refractivity contribution < 1.29 is 18.4 Å². The Kier molecular flexibility index (Phi) is 3.48. The van der Waals surface area contributed by atoms with E-state index in [1.165, 1.54) is 4.57 Å². The van der Waals surface area contributed by atoms with Crippen LogP contribution in [-0.4, -0.2) is 21.0 Å². The predicted octanol–water partition coefficient (Wildman–Crippen LogP) is 3.35. The van der Waals surface area contributed by atoms with E-state index < -0.39 is 11.7 Å². The molecule has 0 unspecified atom stereocenters. The van der Waals surface area contributed by atoms with E-state index in [0.717, 1.165) is 12.3 Å². The lowest BCUT2D eigenvalue weighted by atomic mass is 10.2. The lowest BCUT2D eigenvalue weighted by Crippen LogP contribution is -2.08. The van der Waals surface area contributed by atoms with Crippen LogP contribution < -0.4 is 0 Å². The number of halogens is 4. The Labute approximate surface area is 110 Å². The lowest BCUT2D eigenvalue weighted by Gasteiger charge is -2.10. The number of hydrogen-bond donors (Lipinski definition) is 1. The molecule has 0 radical (unpaired) electrons. The molecule has 8 heteroatoms. The number of pyridine rings is 1. The highest BCUT2D eigenvalue weighted by Gasteiger charge is 2.31. The van der Waals surface area contributed by atoms with Gasteiger partial charge in [0.05, 0.1) is 22.5 Å². The van der Waals surface area contributed by atoms with Crippen molar-refractivity contribution in [3.05, 3.63) is 46.9 Å². The van der Waals surface area contributed by atoms with Gasteiger partial charge in [-0.05, 0) is 18.2 Å². The standard InChI is InChI=1S/C11H7ClF3N3O/c12-9-4-7(11(13,14)15)5-16-10(9)18-3-1-2-8(18)6-17-19/h1-6,19H. The first-order chi connectivity index (χ1) is 8.93. The molecule has 2 aromatic heterocycles. The minimum Gasteiger partial charge on any atom is -0.411 e. The van der Waals surface area contributed by atoms with Gasteiger partial charge in [0, 0.05) is 12.4 Å². The number of hydrogen-bond acceptors (Lipinski definition) is 3. The van der Waals surface area contributed by atoms with Gasteiger partial charge in [-0.25, -0.2) is 4.98 Å². The van der Waals surface area contributed by atoms with Gasteiger partial charge in [-0.1, -0.05) is 16.8 Å². The summed E-state index contributed by atoms with van der Waals surface area (Å²) in [5, 5.41) is 11.2. The maximum Gasteiger partial charge on any atom is 0.417 e. The summed E-state index contributed by atoms with van der Waals surface area (Å²) in [5.74, 6) is 0.120. The third kappa shape index (κ3) is 2.70. The molecule has 0 aliphatic rings. The average molecular weight is 290 g/mol. The first kappa shape index (κ1) is 13.4. The predicted molar refractivity (Wildman–Crippen MR) is 63.0 cm³/mol. The van der Waals surface area contributed by atoms with Crippen LogP contribution in [0.15, 0.2) is 35.7 Å². The Morgan fingerprint density at radius 2 is 2.16 bits per heavy atom. The summed E-state index contributed by atoms with van der Waals surface area (Å²) in [6, 6.07) is 4.01. The fraction of sp³-hybridized carbons (Fsp3) is 0.0909. The van der Waals surface area contributed by atoms with Crippen molar-refractivity contribution in [3.63, 3.8) is 0 Å². The van der Waals surface area contributed by atoms with Crippen molar-refractivity contribution in [1.29, 1.82) is 0 Å². The summed E-state index contributed by atoms with van der Waals surface area (Å²) < 4.78 is 38.9. The average Bonchev–Trinajstić information content (AvgIpc) is 2.76. The van der Waals surface area contributed by atoms with E-state index in [0.29, 0.717) is 11.9 Å². The van der Waals surface area contributed by atoms with Crippen LogP contribution in [0.5, 0.6) is 0 Å². The molecule has 0 spiro atoms. The Bertz CT molecular complexity index is 622. The molecule has 19 heavy (non-hydrogen) atoms. The molecule has 2 heterocycles. The van der Waals surface area contributed by atoms with E-state index in [2.05, 4.69) is 10.1 Å². The van der Waals surface area contributed by atoms with Crippen LogP contribution in [0.3, 0.4) is 0 Å². The normalized spacial score (nSPS) is 12.2. The van der Waals surface area contributed by atoms with E-state index in [-0.39, 0.29) is 10.8 Å². The third-order valence-corrected chi connectivity index (χ3v) is 2.63. The first-order valence-electron chi connectivity index (χ1n) is 5.01. The number of rotatable bonds is 2. The van der Waals surface area contributed by atoms with Crippen molar-refractivity contribution in [2.45, 2.75) is 6.18 Å². The Balaban J connectivity index is 2.49. The van der Waals surface area contributed by atoms with Crippen LogP contribution in [0.1, 0.15) is 11.3 Å². The summed E-state index contributed by atoms with van der Waals surface area (Å²) in [6.07, 6.45) is -1.14. The van der Waals surface area contributed by atoms with E-state index >= 15 is 0 Å². The third-order valence-electron chi connectivity index (χ3n) is 2.35. The van der Waals surface area contributed by atoms with Crippen LogP contribution in [0.25, 0.3) is 5.82 Å². The van der Waals surface area contributed by atoms with Crippen molar-refractivity contribution in [2.24, 2.45) is 5.16 Å². The fourth-order valence-corrected chi connectivity index (χ4v) is 1.77. The minimum absolute atomic E-state index is 0.120. The molecule has 0 fully saturated rings. The minimum atomic E-state index is -4.50. The molecule has 1 N–H and O–H groups in total. The largest absolute Gasteiger partial charge is 0.417 e. The van der Waals surface area contributed by atoms with Gasteiger partial charge in [0.1, 0.15) is 0 Å². The second kappa shape index (κ2) is 4.93. The van der Waals surface area contributed by atoms with Crippen molar-refractivity contribution >= 4 is 17.8 Å². The van der Waals surface area contributed by atoms with Crippen LogP contribution >= 0.6 is 11.6 Å². The Morgan fingerprint density at radius 1 is 1.42 bits per heavy atom. The van der Waals surface area contributed by atoms with E-state index in [9.17, 15) is 13.2 Å². The number of alkyl halides is 3. The Hall–Kier alpha value is -2.02. The van der Waals surface area contributed by atoms with Gasteiger partial charge in [-0.15, -0.1) is 0 Å². The van der Waals surface area contributed by atoms with Crippen LogP contribution in [0.2, 0.25) is 5.02 Å². The highest BCUT2D eigenvalue weighted by molar-refractivity contribution is 6.32. The summed E-state index contributed by atoms with van der Waals surface area (Å²) >= 11 is 5.81. The molecule has 0 amide bonds. The highest BCUT2D eigenvalue weighted by atomic mass is 35.5. The lowest BCUT2D eigenvalue weighted by molar-refractivity contribution is -0.137. The summed E-state index contributed by atoms with van der Waals surface area (Å²) in [5.41, 5.74) is -0.498. The summed E-state index contributed by atoms with van der Waals surface area (Å²) in [4.78, 5) is 3.70. The molecule has 0 atom stereocenters. The van der Waals surface area contributed by atoms with Crippen LogP contribution in [-0.2, 0) is 6.18 Å². The molecular weight excluding hydrogens is 283 g/mol. The summed E-state index contributed by atoms with van der Waals surface area (Å²) in [7, 11) is 0. The molecule has 0 aromatic carbocycles. The molecule has 0 aliphatic carbocycles. The second-order valence-electron chi connectivity index (χ2n) is 3.57. The molecule has 0 aliphatic heterocycles. The number of aromatic nitrogens is 2. The van der Waals surface area contributed by atoms with Gasteiger partial charge >= 0.3 is 6.18 Å². The summed E-state index contributed by atoms with van der Waals surface area (Å²) in [6.45, 7) is 0. The molecule has 2 aromatic rings. The molecule has 100 valence electrons. The van der Waals surface area contributed by atoms with Gasteiger partial charge in [0.25, 0.3) is 0 Å². The molecule has 0 bridgehead atoms. The molecule has 4 nitrogen and oxygen atoms in total. The Morgan fingerprint density at radius 3 is 2.74 bits per heavy atom. The van der Waals surface area contributed by atoms with Crippen molar-refractivity contribution in [2.75, 3.05) is 0 Å². The van der Waals surface area contributed by atoms with E-state index in [4.69, 9.17) is 16.8 Å². The number of nitrogens with zero attached hydrogens (tertiary/aromatic N) is 3. The van der Waals surface area contributed by atoms with Crippen molar-refractivity contribution in [1.82, 2.24) is 9.55 Å². The molecular formula is C11H7ClF3N3O. The monoisotopic (exact) mass is 289 g/mol. The van der Waals surface area contributed by atoms with Gasteiger partial charge in [0.15, 0.2) is 5.82 Å². The molecule has 0 saturated carbocycles. The topological polar surface area (TPSA) is 50.4 Å². The van der Waals surface area contributed by atoms with Gasteiger partial charge in [0.2, 0.25) is 0 Å². The fourth-order valence-electron chi connectivity index (χ4n) is 1.51. The zero-order valence-electron chi connectivity index (χ0n) is 9.26. The SMILES string of the molecule is ON=Cc1cccn1-c1ncc(C(F)(F)F)cc1Cl. The molecule has 2 rings (SSSR count). The zero-order chi connectivity index (χ0) is 14.0. The zero-order valence-corrected chi connectivity index (χ0v) is 10.0. The van der Waals surface area contributed by atoms with Crippen molar-refractivity contribution in [3.8, 4) is 5.82 Å². The van der Waals surface area contributed by atoms with Crippen LogP contribution in [0.4, 0.5) is 13.2 Å². The van der Waals surface area contributed by atoms with Gasteiger partial charge in [-0.3, -0.25) is 4.57 Å². The maximum absolute atomic E-state index is 12.5. The molecule has 0 saturated heterocycles.